The minimum Gasteiger partial charge on any atom is -0.454 e. The number of hydrogen-bond acceptors (Lipinski definition) is 4. The summed E-state index contributed by atoms with van der Waals surface area (Å²) >= 11 is 1.63. The quantitative estimate of drug-likeness (QED) is 0.375. The Morgan fingerprint density at radius 1 is 1.09 bits per heavy atom. The number of likely N-dealkylation sites (tertiary alicyclic amines) is 1. The number of amides is 1. The standard InChI is InChI=1S/C26H27N3O2S/c1-18-10-11-21(19(2)15-18)27-26-29(14-6-13-28-12-5-9-25(28)30)22(17-32-26)24-16-20-7-3-4-8-23(20)31-24/h3-4,7-8,10-11,15-17H,5-6,9,12-14H2,1-2H3. The predicted octanol–water partition coefficient (Wildman–Crippen LogP) is 5.82. The molecule has 1 aliphatic rings. The van der Waals surface area contributed by atoms with Crippen LogP contribution in [-0.4, -0.2) is 28.5 Å². The van der Waals surface area contributed by atoms with E-state index in [1.165, 1.54) is 5.56 Å². The van der Waals surface area contributed by atoms with E-state index in [0.717, 1.165) is 71.0 Å². The lowest BCUT2D eigenvalue weighted by Gasteiger charge is -2.16. The van der Waals surface area contributed by atoms with Gasteiger partial charge < -0.3 is 13.9 Å². The Hall–Kier alpha value is -3.12. The summed E-state index contributed by atoms with van der Waals surface area (Å²) in [5.74, 6) is 1.12. The first-order valence-corrected chi connectivity index (χ1v) is 12.0. The fraction of sp³-hybridized carbons (Fsp3) is 0.308. The topological polar surface area (TPSA) is 50.7 Å². The van der Waals surface area contributed by atoms with Crippen molar-refractivity contribution in [1.82, 2.24) is 9.47 Å². The minimum absolute atomic E-state index is 0.276. The number of nitrogens with zero attached hydrogens (tertiary/aromatic N) is 3. The van der Waals surface area contributed by atoms with E-state index in [0.29, 0.717) is 6.42 Å². The molecule has 0 aliphatic carbocycles. The van der Waals surface area contributed by atoms with E-state index in [9.17, 15) is 4.79 Å². The van der Waals surface area contributed by atoms with Gasteiger partial charge in [-0.15, -0.1) is 11.3 Å². The maximum atomic E-state index is 12.0. The van der Waals surface area contributed by atoms with Crippen molar-refractivity contribution in [3.8, 4) is 11.5 Å². The van der Waals surface area contributed by atoms with Crippen LogP contribution in [0.4, 0.5) is 5.69 Å². The molecule has 32 heavy (non-hydrogen) atoms. The zero-order valence-electron chi connectivity index (χ0n) is 18.5. The first kappa shape index (κ1) is 20.8. The van der Waals surface area contributed by atoms with Gasteiger partial charge in [0.05, 0.1) is 11.4 Å². The maximum Gasteiger partial charge on any atom is 0.222 e. The zero-order valence-corrected chi connectivity index (χ0v) is 19.3. The molecule has 1 fully saturated rings. The van der Waals surface area contributed by atoms with Crippen molar-refractivity contribution >= 4 is 33.9 Å². The lowest BCUT2D eigenvalue weighted by molar-refractivity contribution is -0.127. The maximum absolute atomic E-state index is 12.0. The van der Waals surface area contributed by atoms with Crippen LogP contribution >= 0.6 is 11.3 Å². The summed E-state index contributed by atoms with van der Waals surface area (Å²) in [6.45, 7) is 6.64. The number of carbonyl (C=O) groups excluding carboxylic acids is 1. The van der Waals surface area contributed by atoms with Crippen LogP contribution in [-0.2, 0) is 11.3 Å². The Morgan fingerprint density at radius 3 is 2.75 bits per heavy atom. The SMILES string of the molecule is Cc1ccc(N=c2scc(-c3cc4ccccc4o3)n2CCCN2CCCC2=O)c(C)c1. The van der Waals surface area contributed by atoms with Crippen molar-refractivity contribution in [2.45, 2.75) is 39.7 Å². The van der Waals surface area contributed by atoms with E-state index in [4.69, 9.17) is 9.41 Å². The molecule has 5 nitrogen and oxygen atoms in total. The molecule has 0 spiro atoms. The monoisotopic (exact) mass is 445 g/mol. The summed E-state index contributed by atoms with van der Waals surface area (Å²) in [7, 11) is 0. The number of furan rings is 1. The summed E-state index contributed by atoms with van der Waals surface area (Å²) in [5.41, 5.74) is 5.30. The van der Waals surface area contributed by atoms with Gasteiger partial charge in [-0.1, -0.05) is 35.9 Å². The normalized spacial score (nSPS) is 14.8. The van der Waals surface area contributed by atoms with E-state index in [1.807, 2.05) is 23.1 Å². The third kappa shape index (κ3) is 4.15. The van der Waals surface area contributed by atoms with Gasteiger partial charge in [0.1, 0.15) is 5.58 Å². The van der Waals surface area contributed by atoms with E-state index >= 15 is 0 Å². The molecule has 0 radical (unpaired) electrons. The highest BCUT2D eigenvalue weighted by Crippen LogP contribution is 2.29. The molecular weight excluding hydrogens is 418 g/mol. The predicted molar refractivity (Wildman–Crippen MR) is 129 cm³/mol. The number of thiazole rings is 1. The lowest BCUT2D eigenvalue weighted by Crippen LogP contribution is -2.27. The number of aromatic nitrogens is 1. The van der Waals surface area contributed by atoms with Crippen LogP contribution in [0.3, 0.4) is 0 Å². The summed E-state index contributed by atoms with van der Waals surface area (Å²) < 4.78 is 8.41. The van der Waals surface area contributed by atoms with Crippen molar-refractivity contribution in [2.75, 3.05) is 13.1 Å². The zero-order chi connectivity index (χ0) is 22.1. The molecule has 6 heteroatoms. The minimum atomic E-state index is 0.276. The van der Waals surface area contributed by atoms with Crippen molar-refractivity contribution in [3.63, 3.8) is 0 Å². The summed E-state index contributed by atoms with van der Waals surface area (Å²) in [6.07, 6.45) is 2.54. The van der Waals surface area contributed by atoms with Gasteiger partial charge >= 0.3 is 0 Å². The summed E-state index contributed by atoms with van der Waals surface area (Å²) in [6, 6.07) is 16.5. The van der Waals surface area contributed by atoms with Gasteiger partial charge in [0.25, 0.3) is 0 Å². The van der Waals surface area contributed by atoms with Crippen LogP contribution in [0.25, 0.3) is 22.4 Å². The van der Waals surface area contributed by atoms with Crippen molar-refractivity contribution in [1.29, 1.82) is 0 Å². The second kappa shape index (κ2) is 8.79. The Balaban J connectivity index is 1.52. The number of aryl methyl sites for hydroxylation is 2. The van der Waals surface area contributed by atoms with Gasteiger partial charge in [-0.3, -0.25) is 4.79 Å². The number of fused-ring (bicyclic) bond motifs is 1. The third-order valence-electron chi connectivity index (χ3n) is 6.03. The highest BCUT2D eigenvalue weighted by atomic mass is 32.1. The lowest BCUT2D eigenvalue weighted by atomic mass is 10.1. The fourth-order valence-electron chi connectivity index (χ4n) is 4.33. The molecule has 0 atom stereocenters. The van der Waals surface area contributed by atoms with Crippen LogP contribution < -0.4 is 4.80 Å². The number of carbonyl (C=O) groups is 1. The average Bonchev–Trinajstić information content (AvgIpc) is 3.49. The van der Waals surface area contributed by atoms with Crippen molar-refractivity contribution in [2.24, 2.45) is 4.99 Å². The van der Waals surface area contributed by atoms with E-state index in [-0.39, 0.29) is 5.91 Å². The molecule has 4 aromatic rings. The largest absolute Gasteiger partial charge is 0.454 e. The molecule has 2 aromatic heterocycles. The number of hydrogen-bond donors (Lipinski definition) is 0. The third-order valence-corrected chi connectivity index (χ3v) is 6.89. The molecule has 5 rings (SSSR count). The number of benzene rings is 2. The molecule has 0 N–H and O–H groups in total. The Bertz CT molecular complexity index is 1310. The van der Waals surface area contributed by atoms with Crippen LogP contribution in [0.5, 0.6) is 0 Å². The van der Waals surface area contributed by atoms with Gasteiger partial charge in [0.15, 0.2) is 10.6 Å². The van der Waals surface area contributed by atoms with E-state index in [2.05, 4.69) is 54.1 Å². The van der Waals surface area contributed by atoms with Crippen LogP contribution in [0.15, 0.2) is 63.3 Å². The molecule has 2 aromatic carbocycles. The first-order chi connectivity index (χ1) is 15.6. The van der Waals surface area contributed by atoms with E-state index < -0.39 is 0 Å². The fourth-order valence-corrected chi connectivity index (χ4v) is 5.26. The van der Waals surface area contributed by atoms with Gasteiger partial charge in [-0.2, -0.15) is 0 Å². The van der Waals surface area contributed by atoms with Gasteiger partial charge in [-0.25, -0.2) is 4.99 Å². The van der Waals surface area contributed by atoms with Gasteiger partial charge in [-0.05, 0) is 50.5 Å². The Labute approximate surface area is 191 Å². The molecule has 3 heterocycles. The number of rotatable bonds is 6. The highest BCUT2D eigenvalue weighted by molar-refractivity contribution is 7.07. The molecule has 0 unspecified atom stereocenters. The summed E-state index contributed by atoms with van der Waals surface area (Å²) in [4.78, 5) is 19.9. The second-order valence-corrected chi connectivity index (χ2v) is 9.28. The second-order valence-electron chi connectivity index (χ2n) is 8.44. The van der Waals surface area contributed by atoms with Crippen molar-refractivity contribution in [3.05, 3.63) is 69.8 Å². The molecule has 1 amide bonds. The molecule has 164 valence electrons. The van der Waals surface area contributed by atoms with Crippen LogP contribution in [0, 0.1) is 13.8 Å². The first-order valence-electron chi connectivity index (χ1n) is 11.2. The molecule has 1 saturated heterocycles. The van der Waals surface area contributed by atoms with Crippen LogP contribution in [0.2, 0.25) is 0 Å². The Kier molecular flexibility index (Phi) is 5.70. The average molecular weight is 446 g/mol. The smallest absolute Gasteiger partial charge is 0.222 e. The van der Waals surface area contributed by atoms with Crippen LogP contribution in [0.1, 0.15) is 30.4 Å². The highest BCUT2D eigenvalue weighted by Gasteiger charge is 2.20. The number of para-hydroxylation sites is 1. The molecule has 0 saturated carbocycles. The molecular formula is C26H27N3O2S. The van der Waals surface area contributed by atoms with Gasteiger partial charge in [0, 0.05) is 36.8 Å². The summed E-state index contributed by atoms with van der Waals surface area (Å²) in [5, 5.41) is 3.22. The van der Waals surface area contributed by atoms with E-state index in [1.54, 1.807) is 11.3 Å². The van der Waals surface area contributed by atoms with Crippen molar-refractivity contribution < 1.29 is 9.21 Å². The Morgan fingerprint density at radius 2 is 1.97 bits per heavy atom. The molecule has 1 aliphatic heterocycles. The molecule has 0 bridgehead atoms. The van der Waals surface area contributed by atoms with Gasteiger partial charge in [0.2, 0.25) is 5.91 Å².